The molecule has 0 fully saturated rings. The first-order valence-electron chi connectivity index (χ1n) is 6.79. The second-order valence-corrected chi connectivity index (χ2v) is 7.40. The fraction of sp³-hybridized carbons (Fsp3) is 0.118. The summed E-state index contributed by atoms with van der Waals surface area (Å²) in [7, 11) is -3.88. The first-order chi connectivity index (χ1) is 10.8. The van der Waals surface area contributed by atoms with Crippen LogP contribution in [0.4, 0.5) is 5.69 Å². The minimum atomic E-state index is -3.88. The molecule has 0 aromatic heterocycles. The van der Waals surface area contributed by atoms with Crippen molar-refractivity contribution in [1.82, 2.24) is 0 Å². The molecule has 0 bridgehead atoms. The summed E-state index contributed by atoms with van der Waals surface area (Å²) in [6, 6.07) is 13.1. The highest BCUT2D eigenvalue weighted by molar-refractivity contribution is 7.95. The highest BCUT2D eigenvalue weighted by Gasteiger charge is 2.20. The molecule has 2 aromatic rings. The van der Waals surface area contributed by atoms with Gasteiger partial charge in [0.05, 0.1) is 4.90 Å². The predicted octanol–water partition coefficient (Wildman–Crippen LogP) is 4.21. The second-order valence-electron chi connectivity index (χ2n) is 5.04. The van der Waals surface area contributed by atoms with Gasteiger partial charge in [-0.15, -0.1) is 0 Å². The van der Waals surface area contributed by atoms with Gasteiger partial charge in [-0.25, -0.2) is 8.42 Å². The van der Waals surface area contributed by atoms with E-state index in [0.717, 1.165) is 16.8 Å². The normalized spacial score (nSPS) is 11.8. The molecule has 2 aromatic carbocycles. The van der Waals surface area contributed by atoms with Crippen LogP contribution in [0.2, 0.25) is 5.02 Å². The number of nitrogens with zero attached hydrogens (tertiary/aromatic N) is 1. The first-order valence-corrected chi connectivity index (χ1v) is 8.65. The van der Waals surface area contributed by atoms with Gasteiger partial charge in [0.15, 0.2) is 4.91 Å². The molecule has 0 amide bonds. The summed E-state index contributed by atoms with van der Waals surface area (Å²) in [5.41, 5.74) is 2.81. The zero-order valence-corrected chi connectivity index (χ0v) is 14.2. The fourth-order valence-corrected chi connectivity index (χ4v) is 3.24. The van der Waals surface area contributed by atoms with Crippen molar-refractivity contribution in [3.8, 4) is 6.07 Å². The molecule has 0 radical (unpaired) electrons. The summed E-state index contributed by atoms with van der Waals surface area (Å²) < 4.78 is 24.9. The molecule has 0 heterocycles. The van der Waals surface area contributed by atoms with Gasteiger partial charge < -0.3 is 5.32 Å². The smallest absolute Gasteiger partial charge is 0.218 e. The largest absolute Gasteiger partial charge is 0.360 e. The maximum absolute atomic E-state index is 12.5. The number of aryl methyl sites for hydroxylation is 2. The van der Waals surface area contributed by atoms with Gasteiger partial charge in [-0.05, 0) is 49.7 Å². The highest BCUT2D eigenvalue weighted by Crippen LogP contribution is 2.22. The van der Waals surface area contributed by atoms with E-state index >= 15 is 0 Å². The van der Waals surface area contributed by atoms with Crippen LogP contribution in [0.25, 0.3) is 0 Å². The third-order valence-electron chi connectivity index (χ3n) is 3.26. The minimum Gasteiger partial charge on any atom is -0.360 e. The van der Waals surface area contributed by atoms with Gasteiger partial charge in [0, 0.05) is 16.9 Å². The quantitative estimate of drug-likeness (QED) is 0.842. The Morgan fingerprint density at radius 3 is 2.39 bits per heavy atom. The number of sulfone groups is 1. The van der Waals surface area contributed by atoms with E-state index in [9.17, 15) is 13.7 Å². The van der Waals surface area contributed by atoms with Crippen molar-refractivity contribution in [1.29, 1.82) is 5.26 Å². The molecule has 4 nitrogen and oxygen atoms in total. The maximum atomic E-state index is 12.5. The number of anilines is 1. The van der Waals surface area contributed by atoms with Gasteiger partial charge >= 0.3 is 0 Å². The molecule has 2 rings (SSSR count). The molecule has 0 atom stereocenters. The van der Waals surface area contributed by atoms with Crippen LogP contribution >= 0.6 is 11.6 Å². The molecule has 0 unspecified atom stereocenters. The Morgan fingerprint density at radius 2 is 1.83 bits per heavy atom. The van der Waals surface area contributed by atoms with E-state index in [4.69, 9.17) is 11.6 Å². The van der Waals surface area contributed by atoms with Crippen molar-refractivity contribution in [2.75, 3.05) is 5.32 Å². The number of rotatable bonds is 4. The third-order valence-corrected chi connectivity index (χ3v) is 5.20. The van der Waals surface area contributed by atoms with Gasteiger partial charge in [-0.1, -0.05) is 29.3 Å². The van der Waals surface area contributed by atoms with Crippen molar-refractivity contribution < 1.29 is 8.42 Å². The molecule has 0 aliphatic heterocycles. The number of hydrogen-bond donors (Lipinski definition) is 1. The van der Waals surface area contributed by atoms with Crippen LogP contribution in [0, 0.1) is 25.2 Å². The monoisotopic (exact) mass is 346 g/mol. The second kappa shape index (κ2) is 6.86. The van der Waals surface area contributed by atoms with Crippen LogP contribution in [0.5, 0.6) is 0 Å². The third kappa shape index (κ3) is 3.92. The lowest BCUT2D eigenvalue weighted by Gasteiger charge is -2.08. The Labute approximate surface area is 140 Å². The van der Waals surface area contributed by atoms with Gasteiger partial charge in [0.25, 0.3) is 0 Å². The molecule has 6 heteroatoms. The number of nitriles is 1. The molecule has 0 aliphatic rings. The predicted molar refractivity (Wildman–Crippen MR) is 91.9 cm³/mol. The molecular formula is C17H15ClN2O2S. The first kappa shape index (κ1) is 17.1. The summed E-state index contributed by atoms with van der Waals surface area (Å²) in [6.45, 7) is 3.88. The molecule has 0 aliphatic carbocycles. The summed E-state index contributed by atoms with van der Waals surface area (Å²) in [6.07, 6.45) is 1.21. The Morgan fingerprint density at radius 1 is 1.17 bits per heavy atom. The molecule has 118 valence electrons. The number of nitrogens with one attached hydrogen (secondary N) is 1. The molecule has 0 saturated heterocycles. The zero-order chi connectivity index (χ0) is 17.0. The SMILES string of the molecule is Cc1ccc(NC=C(C#N)S(=O)(=O)c2ccc(Cl)cc2)c(C)c1. The van der Waals surface area contributed by atoms with Crippen molar-refractivity contribution in [2.24, 2.45) is 0 Å². The van der Waals surface area contributed by atoms with Crippen LogP contribution in [0.15, 0.2) is 58.5 Å². The topological polar surface area (TPSA) is 70.0 Å². The Bertz CT molecular complexity index is 895. The minimum absolute atomic E-state index is 0.0251. The van der Waals surface area contributed by atoms with Crippen LogP contribution in [0.1, 0.15) is 11.1 Å². The summed E-state index contributed by atoms with van der Waals surface area (Å²) in [5.74, 6) is 0. The summed E-state index contributed by atoms with van der Waals surface area (Å²) in [5, 5.41) is 12.5. The average molecular weight is 347 g/mol. The average Bonchev–Trinajstić information content (AvgIpc) is 2.50. The Balaban J connectivity index is 2.35. The van der Waals surface area contributed by atoms with E-state index in [1.54, 1.807) is 6.07 Å². The van der Waals surface area contributed by atoms with E-state index in [1.165, 1.54) is 30.5 Å². The van der Waals surface area contributed by atoms with Crippen LogP contribution in [-0.2, 0) is 9.84 Å². The van der Waals surface area contributed by atoms with E-state index in [1.807, 2.05) is 32.0 Å². The zero-order valence-electron chi connectivity index (χ0n) is 12.7. The van der Waals surface area contributed by atoms with E-state index < -0.39 is 9.84 Å². The Hall–Kier alpha value is -2.29. The lowest BCUT2D eigenvalue weighted by atomic mass is 10.1. The molecule has 0 saturated carbocycles. The van der Waals surface area contributed by atoms with Crippen molar-refractivity contribution >= 4 is 27.1 Å². The summed E-state index contributed by atoms with van der Waals surface area (Å²) >= 11 is 5.76. The number of allylic oxidation sites excluding steroid dienone is 1. The Kier molecular flexibility index (Phi) is 5.09. The fourth-order valence-electron chi connectivity index (χ4n) is 2.03. The van der Waals surface area contributed by atoms with E-state index in [-0.39, 0.29) is 9.80 Å². The molecule has 23 heavy (non-hydrogen) atoms. The maximum Gasteiger partial charge on any atom is 0.218 e. The van der Waals surface area contributed by atoms with Gasteiger partial charge in [-0.3, -0.25) is 0 Å². The van der Waals surface area contributed by atoms with Crippen LogP contribution < -0.4 is 5.32 Å². The van der Waals surface area contributed by atoms with Crippen LogP contribution in [0.3, 0.4) is 0 Å². The van der Waals surface area contributed by atoms with E-state index in [0.29, 0.717) is 5.02 Å². The van der Waals surface area contributed by atoms with Gasteiger partial charge in [0.1, 0.15) is 6.07 Å². The van der Waals surface area contributed by atoms with Gasteiger partial charge in [-0.2, -0.15) is 5.26 Å². The van der Waals surface area contributed by atoms with Crippen molar-refractivity contribution in [3.05, 3.63) is 69.7 Å². The lowest BCUT2D eigenvalue weighted by molar-refractivity contribution is 0.603. The van der Waals surface area contributed by atoms with Crippen molar-refractivity contribution in [3.63, 3.8) is 0 Å². The number of benzene rings is 2. The lowest BCUT2D eigenvalue weighted by Crippen LogP contribution is -2.06. The highest BCUT2D eigenvalue weighted by atomic mass is 35.5. The van der Waals surface area contributed by atoms with Crippen molar-refractivity contribution in [2.45, 2.75) is 18.7 Å². The molecule has 1 N–H and O–H groups in total. The standard InChI is InChI=1S/C17H15ClN2O2S/c1-12-3-8-17(13(2)9-12)20-11-16(10-19)23(21,22)15-6-4-14(18)5-7-15/h3-9,11,20H,1-2H3. The van der Waals surface area contributed by atoms with E-state index in [2.05, 4.69) is 5.32 Å². The number of halogens is 1. The molecular weight excluding hydrogens is 332 g/mol. The van der Waals surface area contributed by atoms with Gasteiger partial charge in [0.2, 0.25) is 9.84 Å². The van der Waals surface area contributed by atoms with Crippen LogP contribution in [-0.4, -0.2) is 8.42 Å². The summed E-state index contributed by atoms with van der Waals surface area (Å²) in [4.78, 5) is -0.336. The molecule has 0 spiro atoms. The number of hydrogen-bond acceptors (Lipinski definition) is 4.